The van der Waals surface area contributed by atoms with E-state index in [1.807, 2.05) is 6.92 Å². The van der Waals surface area contributed by atoms with Crippen molar-refractivity contribution < 1.29 is 19.5 Å². The second kappa shape index (κ2) is 9.91. The number of carbonyl (C=O) groups is 3. The molecule has 0 aromatic heterocycles. The van der Waals surface area contributed by atoms with Crippen molar-refractivity contribution >= 4 is 30.5 Å². The Balaban J connectivity index is 2.89. The van der Waals surface area contributed by atoms with Gasteiger partial charge in [0.1, 0.15) is 0 Å². The summed E-state index contributed by atoms with van der Waals surface area (Å²) in [6.45, 7) is 3.93. The van der Waals surface area contributed by atoms with Crippen molar-refractivity contribution in [1.29, 1.82) is 0 Å². The number of Topliss-reactive ketones (excluding diaryl/α,β-unsaturated/α-hetero) is 2. The van der Waals surface area contributed by atoms with Crippen LogP contribution in [0.3, 0.4) is 0 Å². The molecule has 23 heavy (non-hydrogen) atoms. The predicted octanol–water partition coefficient (Wildman–Crippen LogP) is 3.70. The fourth-order valence-electron chi connectivity index (χ4n) is 3.45. The summed E-state index contributed by atoms with van der Waals surface area (Å²) in [6, 6.07) is 0. The number of hydrogen-bond acceptors (Lipinski definition) is 5. The average Bonchev–Trinajstić information content (AvgIpc) is 2.56. The van der Waals surface area contributed by atoms with Gasteiger partial charge in [-0.05, 0) is 42.8 Å². The summed E-state index contributed by atoms with van der Waals surface area (Å²) in [7, 11) is 0. The van der Waals surface area contributed by atoms with Crippen LogP contribution in [0.5, 0.6) is 0 Å². The first kappa shape index (κ1) is 19.9. The number of aldehydes is 1. The maximum atomic E-state index is 12.5. The molecule has 4 nitrogen and oxygen atoms in total. The number of ketones is 2. The number of allylic oxidation sites excluding steroid dienone is 2. The fourth-order valence-corrected chi connectivity index (χ4v) is 3.86. The van der Waals surface area contributed by atoms with Gasteiger partial charge in [0.2, 0.25) is 0 Å². The van der Waals surface area contributed by atoms with Crippen molar-refractivity contribution in [2.45, 2.75) is 58.8 Å². The molecule has 0 spiro atoms. The molecule has 5 heteroatoms. The summed E-state index contributed by atoms with van der Waals surface area (Å²) in [5.41, 5.74) is 0.487. The van der Waals surface area contributed by atoms with Crippen molar-refractivity contribution in [3.8, 4) is 0 Å². The Morgan fingerprint density at radius 1 is 1.43 bits per heavy atom. The van der Waals surface area contributed by atoms with Gasteiger partial charge in [-0.25, -0.2) is 0 Å². The van der Waals surface area contributed by atoms with Gasteiger partial charge < -0.3 is 5.11 Å². The van der Waals surface area contributed by atoms with E-state index in [1.165, 1.54) is 0 Å². The van der Waals surface area contributed by atoms with Crippen LogP contribution in [0.2, 0.25) is 0 Å². The Kier molecular flexibility index (Phi) is 8.59. The first-order valence-corrected chi connectivity index (χ1v) is 9.13. The molecule has 0 aromatic rings. The van der Waals surface area contributed by atoms with E-state index >= 15 is 0 Å². The molecule has 1 N–H and O–H groups in total. The molecule has 3 unspecified atom stereocenters. The van der Waals surface area contributed by atoms with Crippen LogP contribution in [0.25, 0.3) is 0 Å². The van der Waals surface area contributed by atoms with Gasteiger partial charge in [0.25, 0.3) is 0 Å². The van der Waals surface area contributed by atoms with Gasteiger partial charge in [0.15, 0.2) is 17.9 Å². The van der Waals surface area contributed by atoms with E-state index in [0.29, 0.717) is 37.0 Å². The monoisotopic (exact) mass is 340 g/mol. The Bertz CT molecular complexity index is 466. The highest BCUT2D eigenvalue weighted by molar-refractivity contribution is 7.80. The van der Waals surface area contributed by atoms with Crippen molar-refractivity contribution in [2.24, 2.45) is 17.8 Å². The van der Waals surface area contributed by atoms with Gasteiger partial charge >= 0.3 is 0 Å². The van der Waals surface area contributed by atoms with Crippen molar-refractivity contribution in [2.75, 3.05) is 5.75 Å². The van der Waals surface area contributed by atoms with Crippen LogP contribution in [0.1, 0.15) is 58.8 Å². The normalized spacial score (nSPS) is 25.1. The summed E-state index contributed by atoms with van der Waals surface area (Å²) >= 11 is 4.37. The lowest BCUT2D eigenvalue weighted by Gasteiger charge is -2.32. The lowest BCUT2D eigenvalue weighted by atomic mass is 9.71. The molecule has 0 heterocycles. The van der Waals surface area contributed by atoms with Crippen LogP contribution in [-0.4, -0.2) is 28.7 Å². The molecule has 1 aliphatic rings. The van der Waals surface area contributed by atoms with E-state index in [2.05, 4.69) is 19.6 Å². The highest BCUT2D eigenvalue weighted by Crippen LogP contribution is 2.39. The standard InChI is InChI=1S/C18H28O4S/c1-3-12(11-23)7-13-8-14(5-6-15(20)10-19)18(16(21)4-2)17(22)9-13/h10,12-14,21,23H,3-9,11H2,1-2H3. The maximum Gasteiger partial charge on any atom is 0.195 e. The van der Waals surface area contributed by atoms with Crippen LogP contribution >= 0.6 is 12.6 Å². The van der Waals surface area contributed by atoms with Gasteiger partial charge in [0.05, 0.1) is 5.76 Å². The van der Waals surface area contributed by atoms with Gasteiger partial charge in [-0.1, -0.05) is 20.3 Å². The second-order valence-corrected chi connectivity index (χ2v) is 6.82. The Labute approximate surface area is 144 Å². The molecular weight excluding hydrogens is 312 g/mol. The number of aliphatic hydroxyl groups is 1. The number of thiol groups is 1. The van der Waals surface area contributed by atoms with E-state index in [4.69, 9.17) is 0 Å². The summed E-state index contributed by atoms with van der Waals surface area (Å²) < 4.78 is 0. The van der Waals surface area contributed by atoms with Crippen LogP contribution in [0.4, 0.5) is 0 Å². The van der Waals surface area contributed by atoms with Crippen molar-refractivity contribution in [3.63, 3.8) is 0 Å². The lowest BCUT2D eigenvalue weighted by molar-refractivity contribution is -0.130. The van der Waals surface area contributed by atoms with Crippen LogP contribution in [0, 0.1) is 17.8 Å². The molecule has 1 rings (SSSR count). The average molecular weight is 340 g/mol. The predicted molar refractivity (Wildman–Crippen MR) is 93.7 cm³/mol. The lowest BCUT2D eigenvalue weighted by Crippen LogP contribution is -2.29. The summed E-state index contributed by atoms with van der Waals surface area (Å²) in [4.78, 5) is 34.3. The topological polar surface area (TPSA) is 71.4 Å². The quantitative estimate of drug-likeness (QED) is 0.221. The van der Waals surface area contributed by atoms with Gasteiger partial charge in [0, 0.05) is 24.8 Å². The van der Waals surface area contributed by atoms with Crippen molar-refractivity contribution in [3.05, 3.63) is 11.3 Å². The molecular formula is C18H28O4S. The third kappa shape index (κ3) is 5.79. The summed E-state index contributed by atoms with van der Waals surface area (Å²) in [6.07, 6.45) is 4.57. The smallest absolute Gasteiger partial charge is 0.195 e. The minimum absolute atomic E-state index is 0.00170. The number of hydrogen-bond donors (Lipinski definition) is 2. The Hall–Kier alpha value is -1.10. The third-order valence-electron chi connectivity index (χ3n) is 4.82. The zero-order chi connectivity index (χ0) is 17.4. The number of rotatable bonds is 9. The SMILES string of the molecule is CCC(O)=C1C(=O)CC(CC(CC)CS)CC1CCC(=O)C=O. The molecule has 0 radical (unpaired) electrons. The molecule has 130 valence electrons. The molecule has 1 saturated carbocycles. The van der Waals surface area contributed by atoms with Crippen LogP contribution < -0.4 is 0 Å². The fraction of sp³-hybridized carbons (Fsp3) is 0.722. The molecule has 0 aromatic carbocycles. The Morgan fingerprint density at radius 2 is 2.13 bits per heavy atom. The van der Waals surface area contributed by atoms with Gasteiger partial charge in [-0.2, -0.15) is 12.6 Å². The molecule has 3 atom stereocenters. The molecule has 0 amide bonds. The minimum atomic E-state index is -0.447. The summed E-state index contributed by atoms with van der Waals surface area (Å²) in [5, 5.41) is 10.1. The molecule has 0 aliphatic heterocycles. The van der Waals surface area contributed by atoms with E-state index in [1.54, 1.807) is 0 Å². The summed E-state index contributed by atoms with van der Waals surface area (Å²) in [5.74, 6) is 1.12. The highest BCUT2D eigenvalue weighted by atomic mass is 32.1. The third-order valence-corrected chi connectivity index (χ3v) is 5.34. The van der Waals surface area contributed by atoms with E-state index < -0.39 is 5.78 Å². The molecule has 1 fully saturated rings. The molecule has 0 saturated heterocycles. The first-order valence-electron chi connectivity index (χ1n) is 8.50. The zero-order valence-corrected chi connectivity index (χ0v) is 15.0. The minimum Gasteiger partial charge on any atom is -0.512 e. The van der Waals surface area contributed by atoms with Crippen molar-refractivity contribution in [1.82, 2.24) is 0 Å². The largest absolute Gasteiger partial charge is 0.512 e. The van der Waals surface area contributed by atoms with Gasteiger partial charge in [-0.15, -0.1) is 0 Å². The zero-order valence-electron chi connectivity index (χ0n) is 14.1. The maximum absolute atomic E-state index is 12.5. The van der Waals surface area contributed by atoms with Gasteiger partial charge in [-0.3, -0.25) is 14.4 Å². The number of carbonyl (C=O) groups excluding carboxylic acids is 3. The van der Waals surface area contributed by atoms with E-state index in [0.717, 1.165) is 25.0 Å². The van der Waals surface area contributed by atoms with E-state index in [-0.39, 0.29) is 29.8 Å². The highest BCUT2D eigenvalue weighted by Gasteiger charge is 2.34. The van der Waals surface area contributed by atoms with E-state index in [9.17, 15) is 19.5 Å². The molecule has 0 bridgehead atoms. The Morgan fingerprint density at radius 3 is 2.65 bits per heavy atom. The number of aliphatic hydroxyl groups excluding tert-OH is 1. The van der Waals surface area contributed by atoms with Crippen LogP contribution in [0.15, 0.2) is 11.3 Å². The second-order valence-electron chi connectivity index (χ2n) is 6.46. The first-order chi connectivity index (χ1) is 11.0. The molecule has 1 aliphatic carbocycles. The van der Waals surface area contributed by atoms with Crippen LogP contribution in [-0.2, 0) is 14.4 Å².